The number of benzene rings is 1. The van der Waals surface area contributed by atoms with Crippen molar-refractivity contribution in [2.24, 2.45) is 11.8 Å². The highest BCUT2D eigenvalue weighted by atomic mass is 79.9. The smallest absolute Gasteiger partial charge is 0.308 e. The molecule has 23 heavy (non-hydrogen) atoms. The van der Waals surface area contributed by atoms with Gasteiger partial charge in [-0.1, -0.05) is 12.1 Å². The van der Waals surface area contributed by atoms with E-state index in [0.717, 1.165) is 10.2 Å². The van der Waals surface area contributed by atoms with Gasteiger partial charge in [-0.2, -0.15) is 0 Å². The number of hydrogen-bond donors (Lipinski definition) is 2. The summed E-state index contributed by atoms with van der Waals surface area (Å²) < 4.78 is 0.794. The molecule has 3 atom stereocenters. The Morgan fingerprint density at radius 3 is 2.61 bits per heavy atom. The van der Waals surface area contributed by atoms with Crippen LogP contribution in [0.2, 0.25) is 0 Å². The molecule has 0 spiro atoms. The van der Waals surface area contributed by atoms with Crippen LogP contribution in [0.1, 0.15) is 20.3 Å². The molecule has 7 heteroatoms. The standard InChI is InChI=1S/C16H19BrN2O4/c1-9(16(22)23)10(2)18-15(21)11-7-14(20)19(8-11)13-6-4-3-5-12(13)17/h3-6,9-11H,7-8H2,1-2H3,(H,18,21)(H,22,23). The van der Waals surface area contributed by atoms with Crippen molar-refractivity contribution in [2.75, 3.05) is 11.4 Å². The maximum Gasteiger partial charge on any atom is 0.308 e. The van der Waals surface area contributed by atoms with E-state index >= 15 is 0 Å². The zero-order valence-corrected chi connectivity index (χ0v) is 14.5. The van der Waals surface area contributed by atoms with Crippen LogP contribution in [0.25, 0.3) is 0 Å². The minimum atomic E-state index is -0.963. The van der Waals surface area contributed by atoms with Crippen LogP contribution in [-0.2, 0) is 14.4 Å². The van der Waals surface area contributed by atoms with Gasteiger partial charge >= 0.3 is 5.97 Å². The molecule has 1 aromatic carbocycles. The SMILES string of the molecule is CC(NC(=O)C1CC(=O)N(c2ccccc2Br)C1)C(C)C(=O)O. The molecular weight excluding hydrogens is 364 g/mol. The number of nitrogens with one attached hydrogen (secondary N) is 1. The molecule has 1 saturated heterocycles. The zero-order valence-electron chi connectivity index (χ0n) is 13.0. The van der Waals surface area contributed by atoms with E-state index in [-0.39, 0.29) is 18.2 Å². The molecule has 6 nitrogen and oxygen atoms in total. The highest BCUT2D eigenvalue weighted by Gasteiger charge is 2.36. The number of halogens is 1. The van der Waals surface area contributed by atoms with Gasteiger partial charge < -0.3 is 15.3 Å². The minimum Gasteiger partial charge on any atom is -0.481 e. The third-order valence-corrected chi connectivity index (χ3v) is 4.82. The molecule has 124 valence electrons. The second-order valence-corrected chi connectivity index (χ2v) is 6.64. The van der Waals surface area contributed by atoms with Gasteiger partial charge in [-0.05, 0) is 41.9 Å². The van der Waals surface area contributed by atoms with Gasteiger partial charge in [0.25, 0.3) is 0 Å². The predicted molar refractivity (Wildman–Crippen MR) is 89.0 cm³/mol. The normalized spacial score (nSPS) is 20.2. The van der Waals surface area contributed by atoms with Crippen molar-refractivity contribution < 1.29 is 19.5 Å². The molecule has 1 aliphatic rings. The molecule has 0 aromatic heterocycles. The van der Waals surface area contributed by atoms with Crippen molar-refractivity contribution in [1.29, 1.82) is 0 Å². The number of para-hydroxylation sites is 1. The summed E-state index contributed by atoms with van der Waals surface area (Å²) in [5, 5.41) is 11.7. The number of carbonyl (C=O) groups is 3. The van der Waals surface area contributed by atoms with Gasteiger partial charge in [0.2, 0.25) is 11.8 Å². The Balaban J connectivity index is 2.04. The molecule has 2 rings (SSSR count). The van der Waals surface area contributed by atoms with Crippen LogP contribution in [-0.4, -0.2) is 35.5 Å². The first-order valence-electron chi connectivity index (χ1n) is 7.39. The minimum absolute atomic E-state index is 0.115. The molecule has 0 bridgehead atoms. The average Bonchev–Trinajstić information content (AvgIpc) is 2.88. The number of rotatable bonds is 5. The first kappa shape index (κ1) is 17.5. The lowest BCUT2D eigenvalue weighted by atomic mass is 10.0. The van der Waals surface area contributed by atoms with Crippen LogP contribution in [0.4, 0.5) is 5.69 Å². The summed E-state index contributed by atoms with van der Waals surface area (Å²) in [5.41, 5.74) is 0.736. The molecular formula is C16H19BrN2O4. The van der Waals surface area contributed by atoms with Crippen LogP contribution in [0.5, 0.6) is 0 Å². The number of aliphatic carboxylic acids is 1. The highest BCUT2D eigenvalue weighted by Crippen LogP contribution is 2.31. The molecule has 0 radical (unpaired) electrons. The summed E-state index contributed by atoms with van der Waals surface area (Å²) >= 11 is 3.41. The zero-order chi connectivity index (χ0) is 17.1. The fourth-order valence-corrected chi connectivity index (χ4v) is 2.97. The lowest BCUT2D eigenvalue weighted by Gasteiger charge is -2.21. The Morgan fingerprint density at radius 2 is 2.00 bits per heavy atom. The van der Waals surface area contributed by atoms with Crippen molar-refractivity contribution in [1.82, 2.24) is 5.32 Å². The van der Waals surface area contributed by atoms with Crippen molar-refractivity contribution in [3.05, 3.63) is 28.7 Å². The Morgan fingerprint density at radius 1 is 1.35 bits per heavy atom. The van der Waals surface area contributed by atoms with E-state index in [1.165, 1.54) is 0 Å². The summed E-state index contributed by atoms with van der Waals surface area (Å²) in [5.74, 6) is -2.52. The first-order chi connectivity index (χ1) is 10.8. The summed E-state index contributed by atoms with van der Waals surface area (Å²) in [6.07, 6.45) is 0.126. The van der Waals surface area contributed by atoms with Crippen LogP contribution in [0, 0.1) is 11.8 Å². The van der Waals surface area contributed by atoms with Crippen LogP contribution in [0.3, 0.4) is 0 Å². The predicted octanol–water partition coefficient (Wildman–Crippen LogP) is 2.03. The third-order valence-electron chi connectivity index (χ3n) is 4.15. The Bertz CT molecular complexity index is 634. The summed E-state index contributed by atoms with van der Waals surface area (Å²) in [4.78, 5) is 37.0. The fourth-order valence-electron chi connectivity index (χ4n) is 2.47. The van der Waals surface area contributed by atoms with Gasteiger partial charge in [0.05, 0.1) is 17.5 Å². The van der Waals surface area contributed by atoms with E-state index in [0.29, 0.717) is 6.54 Å². The van der Waals surface area contributed by atoms with E-state index < -0.39 is 23.8 Å². The Kier molecular flexibility index (Phi) is 5.41. The van der Waals surface area contributed by atoms with E-state index in [1.54, 1.807) is 18.7 Å². The maximum absolute atomic E-state index is 12.3. The van der Waals surface area contributed by atoms with Gasteiger partial charge in [0.15, 0.2) is 0 Å². The molecule has 0 saturated carbocycles. The number of nitrogens with zero attached hydrogens (tertiary/aromatic N) is 1. The van der Waals surface area contributed by atoms with Gasteiger partial charge in [0.1, 0.15) is 0 Å². The quantitative estimate of drug-likeness (QED) is 0.815. The second-order valence-electron chi connectivity index (χ2n) is 5.78. The van der Waals surface area contributed by atoms with Crippen LogP contribution < -0.4 is 10.2 Å². The van der Waals surface area contributed by atoms with Gasteiger partial charge in [-0.15, -0.1) is 0 Å². The molecule has 1 heterocycles. The summed E-state index contributed by atoms with van der Waals surface area (Å²) in [6, 6.07) is 6.85. The molecule has 1 aromatic rings. The number of carbonyl (C=O) groups excluding carboxylic acids is 2. The summed E-state index contributed by atoms with van der Waals surface area (Å²) in [6.45, 7) is 3.49. The van der Waals surface area contributed by atoms with E-state index in [9.17, 15) is 14.4 Å². The van der Waals surface area contributed by atoms with Crippen LogP contribution in [0.15, 0.2) is 28.7 Å². The van der Waals surface area contributed by atoms with E-state index in [2.05, 4.69) is 21.2 Å². The maximum atomic E-state index is 12.3. The molecule has 0 aliphatic carbocycles. The largest absolute Gasteiger partial charge is 0.481 e. The number of amides is 2. The second kappa shape index (κ2) is 7.12. The van der Waals surface area contributed by atoms with E-state index in [1.807, 2.05) is 24.3 Å². The number of carboxylic acid groups (broad SMARTS) is 1. The van der Waals surface area contributed by atoms with Gasteiger partial charge in [0, 0.05) is 23.5 Å². The van der Waals surface area contributed by atoms with Crippen molar-refractivity contribution >= 4 is 39.4 Å². The van der Waals surface area contributed by atoms with Gasteiger partial charge in [-0.3, -0.25) is 14.4 Å². The van der Waals surface area contributed by atoms with Crippen LogP contribution >= 0.6 is 15.9 Å². The third kappa shape index (κ3) is 3.90. The van der Waals surface area contributed by atoms with Gasteiger partial charge in [-0.25, -0.2) is 0 Å². The molecule has 2 amide bonds. The molecule has 3 unspecified atom stereocenters. The summed E-state index contributed by atoms with van der Waals surface area (Å²) in [7, 11) is 0. The monoisotopic (exact) mass is 382 g/mol. The topological polar surface area (TPSA) is 86.7 Å². The number of hydrogen-bond acceptors (Lipinski definition) is 3. The lowest BCUT2D eigenvalue weighted by molar-refractivity contribution is -0.142. The molecule has 1 aliphatic heterocycles. The highest BCUT2D eigenvalue weighted by molar-refractivity contribution is 9.10. The number of carboxylic acids is 1. The van der Waals surface area contributed by atoms with Crippen molar-refractivity contribution in [2.45, 2.75) is 26.3 Å². The molecule has 1 fully saturated rings. The average molecular weight is 383 g/mol. The van der Waals surface area contributed by atoms with Crippen molar-refractivity contribution in [3.8, 4) is 0 Å². The van der Waals surface area contributed by atoms with Crippen molar-refractivity contribution in [3.63, 3.8) is 0 Å². The Labute approximate surface area is 143 Å². The molecule has 2 N–H and O–H groups in total. The van der Waals surface area contributed by atoms with E-state index in [4.69, 9.17) is 5.11 Å². The fraction of sp³-hybridized carbons (Fsp3) is 0.438. The lowest BCUT2D eigenvalue weighted by Crippen LogP contribution is -2.43. The Hall–Kier alpha value is -1.89. The first-order valence-corrected chi connectivity index (χ1v) is 8.18. The number of anilines is 1.